The molecule has 0 atom stereocenters. The maximum absolute atomic E-state index is 12.4. The molecule has 0 saturated carbocycles. The molecule has 2 heterocycles. The Balaban J connectivity index is 0.000000516. The molecule has 1 aliphatic heterocycles. The number of ether oxygens (including phenoxy) is 1. The largest absolute Gasteiger partial charge is 0.490 e. The predicted octanol–water partition coefficient (Wildman–Crippen LogP) is 2.03. The quantitative estimate of drug-likeness (QED) is 0.721. The fraction of sp³-hybridized carbons (Fsp3) is 0.647. The molecule has 0 spiro atoms. The van der Waals surface area contributed by atoms with Crippen LogP contribution in [0.5, 0.6) is 0 Å². The van der Waals surface area contributed by atoms with Crippen LogP contribution in [-0.4, -0.2) is 74.1 Å². The van der Waals surface area contributed by atoms with Gasteiger partial charge in [-0.2, -0.15) is 17.5 Å². The summed E-state index contributed by atoms with van der Waals surface area (Å²) in [6.07, 6.45) is -4.45. The second-order valence-corrected chi connectivity index (χ2v) is 8.46. The number of methoxy groups -OCH3 is 1. The number of carbonyl (C=O) groups is 1. The Morgan fingerprint density at radius 3 is 2.45 bits per heavy atom. The van der Waals surface area contributed by atoms with Gasteiger partial charge in [0.05, 0.1) is 12.4 Å². The number of aryl methyl sites for hydroxylation is 1. The second kappa shape index (κ2) is 10.7. The van der Waals surface area contributed by atoms with Crippen LogP contribution in [0.15, 0.2) is 12.1 Å². The zero-order chi connectivity index (χ0) is 22.2. The van der Waals surface area contributed by atoms with Gasteiger partial charge in [0.15, 0.2) is 0 Å². The molecule has 0 unspecified atom stereocenters. The van der Waals surface area contributed by atoms with E-state index >= 15 is 0 Å². The van der Waals surface area contributed by atoms with Gasteiger partial charge in [-0.05, 0) is 19.4 Å². The van der Waals surface area contributed by atoms with Crippen molar-refractivity contribution in [2.45, 2.75) is 33.0 Å². The second-order valence-electron chi connectivity index (χ2n) is 6.37. The van der Waals surface area contributed by atoms with Crippen molar-refractivity contribution in [3.63, 3.8) is 0 Å². The number of fused-ring (bicyclic) bond motifs is 1. The number of aromatic nitrogens is 1. The first-order chi connectivity index (χ1) is 13.4. The average molecular weight is 441 g/mol. The minimum Gasteiger partial charge on any atom is -0.475 e. The van der Waals surface area contributed by atoms with E-state index in [0.29, 0.717) is 39.2 Å². The number of pyridine rings is 1. The number of alkyl halides is 3. The molecule has 1 aliphatic rings. The predicted molar refractivity (Wildman–Crippen MR) is 101 cm³/mol. The standard InChI is InChI=1S/C15H25N3O3S.C2HF3O2/c1-4-11-22(19,20)18-8-7-17(9-10-21-3)15-14(12-18)6-5-13(2)16-15;3-2(4,5)1(6)7/h5-6H,4,7-12H2,1-3H3;(H,6,7). The minimum atomic E-state index is -5.08. The van der Waals surface area contributed by atoms with Crippen molar-refractivity contribution in [3.8, 4) is 0 Å². The summed E-state index contributed by atoms with van der Waals surface area (Å²) in [5.41, 5.74) is 1.89. The van der Waals surface area contributed by atoms with Crippen molar-refractivity contribution in [2.24, 2.45) is 0 Å². The normalized spacial score (nSPS) is 15.2. The number of aliphatic carboxylic acids is 1. The van der Waals surface area contributed by atoms with Crippen LogP contribution in [0.2, 0.25) is 0 Å². The van der Waals surface area contributed by atoms with E-state index < -0.39 is 22.2 Å². The minimum absolute atomic E-state index is 0.194. The molecule has 0 aliphatic carbocycles. The molecule has 2 rings (SSSR count). The van der Waals surface area contributed by atoms with Crippen molar-refractivity contribution >= 4 is 21.8 Å². The molecule has 0 bridgehead atoms. The van der Waals surface area contributed by atoms with Gasteiger partial charge < -0.3 is 14.7 Å². The van der Waals surface area contributed by atoms with Gasteiger partial charge >= 0.3 is 12.1 Å². The van der Waals surface area contributed by atoms with Crippen molar-refractivity contribution in [2.75, 3.05) is 44.0 Å². The highest BCUT2D eigenvalue weighted by Crippen LogP contribution is 2.25. The van der Waals surface area contributed by atoms with Gasteiger partial charge in [0, 0.05) is 44.5 Å². The summed E-state index contributed by atoms with van der Waals surface area (Å²) in [4.78, 5) is 15.6. The Hall–Kier alpha value is -1.92. The number of sulfonamides is 1. The van der Waals surface area contributed by atoms with Crippen molar-refractivity contribution in [1.29, 1.82) is 0 Å². The molecule has 12 heteroatoms. The van der Waals surface area contributed by atoms with Crippen LogP contribution in [0.4, 0.5) is 19.0 Å². The summed E-state index contributed by atoms with van der Waals surface area (Å²) >= 11 is 0. The third kappa shape index (κ3) is 7.78. The van der Waals surface area contributed by atoms with E-state index in [0.717, 1.165) is 17.1 Å². The summed E-state index contributed by atoms with van der Waals surface area (Å²) in [5, 5.41) is 7.12. The van der Waals surface area contributed by atoms with Crippen LogP contribution in [0.25, 0.3) is 0 Å². The molecular formula is C17H26F3N3O5S. The molecule has 29 heavy (non-hydrogen) atoms. The Morgan fingerprint density at radius 2 is 1.93 bits per heavy atom. The number of carboxylic acids is 1. The molecule has 1 N–H and O–H groups in total. The molecule has 1 aromatic rings. The zero-order valence-corrected chi connectivity index (χ0v) is 17.4. The van der Waals surface area contributed by atoms with Crippen molar-refractivity contribution in [3.05, 3.63) is 23.4 Å². The Bertz CT molecular complexity index is 787. The Kier molecular flexibility index (Phi) is 9.30. The number of anilines is 1. The van der Waals surface area contributed by atoms with E-state index in [4.69, 9.17) is 14.6 Å². The van der Waals surface area contributed by atoms with E-state index in [2.05, 4.69) is 9.88 Å². The smallest absolute Gasteiger partial charge is 0.475 e. The molecule has 0 fully saturated rings. The molecule has 0 radical (unpaired) electrons. The van der Waals surface area contributed by atoms with E-state index in [1.807, 2.05) is 26.0 Å². The topological polar surface area (TPSA) is 100 Å². The summed E-state index contributed by atoms with van der Waals surface area (Å²) in [6.45, 7) is 6.66. The summed E-state index contributed by atoms with van der Waals surface area (Å²) < 4.78 is 63.3. The maximum atomic E-state index is 12.4. The molecule has 166 valence electrons. The lowest BCUT2D eigenvalue weighted by molar-refractivity contribution is -0.192. The molecular weight excluding hydrogens is 415 g/mol. The third-order valence-corrected chi connectivity index (χ3v) is 6.05. The highest BCUT2D eigenvalue weighted by atomic mass is 32.2. The third-order valence-electron chi connectivity index (χ3n) is 4.02. The lowest BCUT2D eigenvalue weighted by atomic mass is 10.2. The first-order valence-electron chi connectivity index (χ1n) is 8.90. The first kappa shape index (κ1) is 25.1. The van der Waals surface area contributed by atoms with E-state index in [9.17, 15) is 21.6 Å². The lowest BCUT2D eigenvalue weighted by Crippen LogP contribution is -2.37. The van der Waals surface area contributed by atoms with Crippen LogP contribution in [0.1, 0.15) is 24.6 Å². The Labute approximate surface area is 168 Å². The van der Waals surface area contributed by atoms with Gasteiger partial charge in [-0.3, -0.25) is 0 Å². The first-order valence-corrected chi connectivity index (χ1v) is 10.5. The summed E-state index contributed by atoms with van der Waals surface area (Å²) in [6, 6.07) is 3.92. The van der Waals surface area contributed by atoms with E-state index in [-0.39, 0.29) is 5.75 Å². The van der Waals surface area contributed by atoms with E-state index in [1.54, 1.807) is 11.4 Å². The van der Waals surface area contributed by atoms with Crippen LogP contribution < -0.4 is 4.90 Å². The van der Waals surface area contributed by atoms with Crippen molar-refractivity contribution < 1.29 is 36.2 Å². The van der Waals surface area contributed by atoms with Crippen LogP contribution in [-0.2, 0) is 26.1 Å². The van der Waals surface area contributed by atoms with Crippen molar-refractivity contribution in [1.82, 2.24) is 9.29 Å². The maximum Gasteiger partial charge on any atom is 0.490 e. The van der Waals surface area contributed by atoms with Gasteiger partial charge in [-0.1, -0.05) is 13.0 Å². The van der Waals surface area contributed by atoms with Gasteiger partial charge in [0.25, 0.3) is 0 Å². The average Bonchev–Trinajstić information content (AvgIpc) is 2.79. The lowest BCUT2D eigenvalue weighted by Gasteiger charge is -2.23. The number of halogens is 3. The number of hydrogen-bond donors (Lipinski definition) is 1. The number of carboxylic acid groups (broad SMARTS) is 1. The van der Waals surface area contributed by atoms with Crippen LogP contribution in [0, 0.1) is 6.92 Å². The van der Waals surface area contributed by atoms with Gasteiger partial charge in [-0.25, -0.2) is 18.2 Å². The number of rotatable bonds is 6. The molecule has 0 saturated heterocycles. The summed E-state index contributed by atoms with van der Waals surface area (Å²) in [5.74, 6) is -1.68. The fourth-order valence-electron chi connectivity index (χ4n) is 2.62. The molecule has 1 aromatic heterocycles. The van der Waals surface area contributed by atoms with Crippen LogP contribution in [0.3, 0.4) is 0 Å². The highest BCUT2D eigenvalue weighted by molar-refractivity contribution is 7.89. The van der Waals surface area contributed by atoms with Gasteiger partial charge in [0.2, 0.25) is 10.0 Å². The summed E-state index contributed by atoms with van der Waals surface area (Å²) in [7, 11) is -1.54. The van der Waals surface area contributed by atoms with Gasteiger partial charge in [-0.15, -0.1) is 0 Å². The highest BCUT2D eigenvalue weighted by Gasteiger charge is 2.38. The zero-order valence-electron chi connectivity index (χ0n) is 16.6. The van der Waals surface area contributed by atoms with Crippen LogP contribution >= 0.6 is 0 Å². The molecule has 0 aromatic carbocycles. The number of nitrogens with zero attached hydrogens (tertiary/aromatic N) is 3. The Morgan fingerprint density at radius 1 is 1.31 bits per heavy atom. The fourth-order valence-corrected chi connectivity index (χ4v) is 4.09. The van der Waals surface area contributed by atoms with Gasteiger partial charge in [0.1, 0.15) is 5.82 Å². The SMILES string of the molecule is CCCS(=O)(=O)N1CCN(CCOC)c2nc(C)ccc2C1.O=C(O)C(F)(F)F. The monoisotopic (exact) mass is 441 g/mol. The number of hydrogen-bond acceptors (Lipinski definition) is 6. The van der Waals surface area contributed by atoms with E-state index in [1.165, 1.54) is 0 Å². The molecule has 0 amide bonds. The molecule has 8 nitrogen and oxygen atoms in total.